The first-order valence-corrected chi connectivity index (χ1v) is 8.89. The van der Waals surface area contributed by atoms with Gasteiger partial charge in [0.05, 0.1) is 11.6 Å². The average Bonchev–Trinajstić information content (AvgIpc) is 2.91. The molecule has 132 valence electrons. The maximum atomic E-state index is 4.69. The van der Waals surface area contributed by atoms with Gasteiger partial charge in [0.2, 0.25) is 0 Å². The van der Waals surface area contributed by atoms with E-state index >= 15 is 0 Å². The van der Waals surface area contributed by atoms with Crippen molar-refractivity contribution in [1.29, 1.82) is 0 Å². The highest BCUT2D eigenvalue weighted by atomic mass is 127. The smallest absolute Gasteiger partial charge is 0.191 e. The fourth-order valence-corrected chi connectivity index (χ4v) is 3.12. The molecule has 24 heavy (non-hydrogen) atoms. The Bertz CT molecular complexity index is 667. The van der Waals surface area contributed by atoms with E-state index in [1.807, 2.05) is 6.20 Å². The molecule has 4 nitrogen and oxygen atoms in total. The van der Waals surface area contributed by atoms with E-state index in [0.717, 1.165) is 25.5 Å². The number of hydrogen-bond donors (Lipinski definition) is 2. The second-order valence-electron chi connectivity index (χ2n) is 5.67. The largest absolute Gasteiger partial charge is 0.357 e. The summed E-state index contributed by atoms with van der Waals surface area (Å²) in [7, 11) is 0. The molecule has 0 amide bonds. The van der Waals surface area contributed by atoms with Crippen molar-refractivity contribution in [2.24, 2.45) is 4.99 Å². The maximum absolute atomic E-state index is 4.69. The summed E-state index contributed by atoms with van der Waals surface area (Å²) < 4.78 is 0. The van der Waals surface area contributed by atoms with E-state index in [1.165, 1.54) is 26.6 Å². The number of hydrogen-bond acceptors (Lipinski definition) is 3. The number of thiazole rings is 1. The van der Waals surface area contributed by atoms with Crippen LogP contribution in [0, 0.1) is 20.8 Å². The highest BCUT2D eigenvalue weighted by Gasteiger charge is 2.02. The summed E-state index contributed by atoms with van der Waals surface area (Å²) in [5, 5.41) is 7.85. The number of halogens is 1. The Kier molecular flexibility index (Phi) is 9.28. The van der Waals surface area contributed by atoms with Crippen LogP contribution in [0.4, 0.5) is 0 Å². The van der Waals surface area contributed by atoms with Crippen LogP contribution in [-0.2, 0) is 13.0 Å². The molecule has 0 fully saturated rings. The normalized spacial score (nSPS) is 11.1. The van der Waals surface area contributed by atoms with E-state index in [1.54, 1.807) is 11.3 Å². The monoisotopic (exact) mass is 458 g/mol. The molecule has 0 bridgehead atoms. The van der Waals surface area contributed by atoms with Gasteiger partial charge in [-0.15, -0.1) is 35.3 Å². The van der Waals surface area contributed by atoms with Crippen molar-refractivity contribution >= 4 is 41.3 Å². The highest BCUT2D eigenvalue weighted by molar-refractivity contribution is 14.0. The van der Waals surface area contributed by atoms with Gasteiger partial charge >= 0.3 is 0 Å². The Labute approximate surface area is 166 Å². The summed E-state index contributed by atoms with van der Waals surface area (Å²) in [5.41, 5.74) is 3.85. The zero-order valence-corrected chi connectivity index (χ0v) is 18.0. The van der Waals surface area contributed by atoms with Gasteiger partial charge in [-0.05, 0) is 38.8 Å². The topological polar surface area (TPSA) is 49.3 Å². The molecular weight excluding hydrogens is 431 g/mol. The lowest BCUT2D eigenvalue weighted by Gasteiger charge is -2.11. The molecule has 0 saturated carbocycles. The van der Waals surface area contributed by atoms with Crippen molar-refractivity contribution in [1.82, 2.24) is 15.6 Å². The molecule has 0 atom stereocenters. The highest BCUT2D eigenvalue weighted by Crippen LogP contribution is 2.12. The lowest BCUT2D eigenvalue weighted by atomic mass is 10.1. The van der Waals surface area contributed by atoms with Crippen LogP contribution in [0.15, 0.2) is 29.4 Å². The third-order valence-electron chi connectivity index (χ3n) is 3.55. The number of rotatable bonds is 6. The van der Waals surface area contributed by atoms with Gasteiger partial charge in [0, 0.05) is 30.6 Å². The van der Waals surface area contributed by atoms with E-state index in [2.05, 4.69) is 66.5 Å². The fourth-order valence-electron chi connectivity index (χ4n) is 2.33. The van der Waals surface area contributed by atoms with Crippen LogP contribution in [0.1, 0.15) is 33.5 Å². The minimum Gasteiger partial charge on any atom is -0.357 e. The van der Waals surface area contributed by atoms with Gasteiger partial charge in [0.1, 0.15) is 0 Å². The molecule has 0 aliphatic rings. The number of aliphatic imine (C=N–C) groups is 1. The average molecular weight is 458 g/mol. The van der Waals surface area contributed by atoms with Crippen molar-refractivity contribution in [3.05, 3.63) is 51.0 Å². The van der Waals surface area contributed by atoms with Crippen molar-refractivity contribution in [2.45, 2.75) is 40.7 Å². The second-order valence-corrected chi connectivity index (χ2v) is 6.99. The quantitative estimate of drug-likeness (QED) is 0.391. The van der Waals surface area contributed by atoms with Crippen LogP contribution in [0.3, 0.4) is 0 Å². The van der Waals surface area contributed by atoms with Crippen LogP contribution in [-0.4, -0.2) is 24.0 Å². The molecule has 0 aliphatic heterocycles. The van der Waals surface area contributed by atoms with Gasteiger partial charge < -0.3 is 10.6 Å². The van der Waals surface area contributed by atoms with Crippen molar-refractivity contribution < 1.29 is 0 Å². The molecule has 6 heteroatoms. The SMILES string of the molecule is CCNC(=NCc1ccc(C)cc1C)NCCc1ncc(C)s1.I. The van der Waals surface area contributed by atoms with Gasteiger partial charge in [0.25, 0.3) is 0 Å². The van der Waals surface area contributed by atoms with Gasteiger partial charge in [0.15, 0.2) is 5.96 Å². The molecule has 2 rings (SSSR count). The van der Waals surface area contributed by atoms with Crippen molar-refractivity contribution in [3.63, 3.8) is 0 Å². The lowest BCUT2D eigenvalue weighted by Crippen LogP contribution is -2.38. The van der Waals surface area contributed by atoms with Gasteiger partial charge in [-0.25, -0.2) is 9.98 Å². The molecule has 0 aliphatic carbocycles. The lowest BCUT2D eigenvalue weighted by molar-refractivity contribution is 0.796. The zero-order valence-electron chi connectivity index (χ0n) is 14.8. The predicted molar refractivity (Wildman–Crippen MR) is 115 cm³/mol. The van der Waals surface area contributed by atoms with E-state index in [9.17, 15) is 0 Å². The third-order valence-corrected chi connectivity index (χ3v) is 4.52. The van der Waals surface area contributed by atoms with Crippen LogP contribution >= 0.6 is 35.3 Å². The standard InChI is InChI=1S/C18H26N4S.HI/c1-5-19-18(20-9-8-17-21-11-15(4)23-17)22-12-16-7-6-13(2)10-14(16)3;/h6-7,10-11H,5,8-9,12H2,1-4H3,(H2,19,20,22);1H. The molecule has 0 unspecified atom stereocenters. The van der Waals surface area contributed by atoms with Crippen LogP contribution < -0.4 is 10.6 Å². The number of aromatic nitrogens is 1. The number of nitrogens with one attached hydrogen (secondary N) is 2. The van der Waals surface area contributed by atoms with Gasteiger partial charge in [-0.2, -0.15) is 0 Å². The Hall–Kier alpha value is -1.15. The molecule has 0 radical (unpaired) electrons. The Morgan fingerprint density at radius 2 is 2.00 bits per heavy atom. The van der Waals surface area contributed by atoms with E-state index in [0.29, 0.717) is 6.54 Å². The molecule has 1 aromatic heterocycles. The summed E-state index contributed by atoms with van der Waals surface area (Å²) in [6.07, 6.45) is 2.85. The van der Waals surface area contributed by atoms with E-state index < -0.39 is 0 Å². The van der Waals surface area contributed by atoms with Crippen LogP contribution in [0.25, 0.3) is 0 Å². The van der Waals surface area contributed by atoms with E-state index in [-0.39, 0.29) is 24.0 Å². The molecule has 0 saturated heterocycles. The first-order chi connectivity index (χ1) is 11.1. The maximum Gasteiger partial charge on any atom is 0.191 e. The number of benzene rings is 1. The summed E-state index contributed by atoms with van der Waals surface area (Å²) in [6.45, 7) is 10.8. The predicted octanol–water partition coefficient (Wildman–Crippen LogP) is 3.98. The first-order valence-electron chi connectivity index (χ1n) is 8.08. The summed E-state index contributed by atoms with van der Waals surface area (Å²) >= 11 is 1.75. The number of aryl methyl sites for hydroxylation is 3. The number of guanidine groups is 1. The Morgan fingerprint density at radius 1 is 1.21 bits per heavy atom. The molecule has 1 heterocycles. The Balaban J connectivity index is 0.00000288. The second kappa shape index (κ2) is 10.7. The third kappa shape index (κ3) is 6.76. The van der Waals surface area contributed by atoms with E-state index in [4.69, 9.17) is 0 Å². The zero-order chi connectivity index (χ0) is 16.7. The minimum atomic E-state index is 0. The molecular formula is C18H27IN4S. The number of nitrogens with zero attached hydrogens (tertiary/aromatic N) is 2. The summed E-state index contributed by atoms with van der Waals surface area (Å²) in [6, 6.07) is 6.51. The van der Waals surface area contributed by atoms with Crippen LogP contribution in [0.2, 0.25) is 0 Å². The first kappa shape index (κ1) is 20.9. The van der Waals surface area contributed by atoms with Crippen LogP contribution in [0.5, 0.6) is 0 Å². The molecule has 2 N–H and O–H groups in total. The minimum absolute atomic E-state index is 0. The molecule has 0 spiro atoms. The summed E-state index contributed by atoms with van der Waals surface area (Å²) in [5.74, 6) is 0.862. The van der Waals surface area contributed by atoms with Gasteiger partial charge in [-0.3, -0.25) is 0 Å². The van der Waals surface area contributed by atoms with Crippen molar-refractivity contribution in [3.8, 4) is 0 Å². The fraction of sp³-hybridized carbons (Fsp3) is 0.444. The molecule has 1 aromatic carbocycles. The Morgan fingerprint density at radius 3 is 2.62 bits per heavy atom. The molecule has 2 aromatic rings. The van der Waals surface area contributed by atoms with Crippen molar-refractivity contribution in [2.75, 3.05) is 13.1 Å². The van der Waals surface area contributed by atoms with Gasteiger partial charge in [-0.1, -0.05) is 23.8 Å². The summed E-state index contributed by atoms with van der Waals surface area (Å²) in [4.78, 5) is 10.3.